The standard InChI is InChI=1S/C21H20O7/c1-20(2)16(22)11-17(28-20)21(3,24)7-9-26-19-12-4-5-18(23)27-15(12)10-14-13(19)6-8-25-14/h4-6,8,10-11,24H,7,9H2,1-3H3. The van der Waals surface area contributed by atoms with Gasteiger partial charge in [-0.15, -0.1) is 0 Å². The number of hydrogen-bond donors (Lipinski definition) is 1. The number of aliphatic hydroxyl groups is 1. The van der Waals surface area contributed by atoms with Crippen molar-refractivity contribution in [3.05, 3.63) is 52.8 Å². The Kier molecular flexibility index (Phi) is 4.08. The van der Waals surface area contributed by atoms with Gasteiger partial charge in [0.05, 0.1) is 23.6 Å². The normalized spacial score (nSPS) is 18.1. The van der Waals surface area contributed by atoms with Crippen LogP contribution in [0.4, 0.5) is 0 Å². The smallest absolute Gasteiger partial charge is 0.336 e. The molecule has 1 atom stereocenters. The van der Waals surface area contributed by atoms with Gasteiger partial charge in [0.15, 0.2) is 5.60 Å². The molecule has 0 radical (unpaired) electrons. The van der Waals surface area contributed by atoms with Crippen molar-refractivity contribution in [1.29, 1.82) is 0 Å². The van der Waals surface area contributed by atoms with Crippen LogP contribution in [0.3, 0.4) is 0 Å². The Morgan fingerprint density at radius 3 is 2.61 bits per heavy atom. The van der Waals surface area contributed by atoms with Gasteiger partial charge < -0.3 is 23.4 Å². The summed E-state index contributed by atoms with van der Waals surface area (Å²) in [6.45, 7) is 5.03. The van der Waals surface area contributed by atoms with Gasteiger partial charge in [0.2, 0.25) is 5.78 Å². The van der Waals surface area contributed by atoms with Gasteiger partial charge in [-0.1, -0.05) is 0 Å². The van der Waals surface area contributed by atoms with Gasteiger partial charge in [-0.25, -0.2) is 4.79 Å². The van der Waals surface area contributed by atoms with Crippen molar-refractivity contribution in [3.8, 4) is 5.75 Å². The van der Waals surface area contributed by atoms with Gasteiger partial charge in [-0.2, -0.15) is 0 Å². The van der Waals surface area contributed by atoms with E-state index in [-0.39, 0.29) is 24.6 Å². The molecule has 146 valence electrons. The van der Waals surface area contributed by atoms with Crippen LogP contribution in [0.25, 0.3) is 21.9 Å². The van der Waals surface area contributed by atoms with E-state index < -0.39 is 16.8 Å². The highest BCUT2D eigenvalue weighted by Crippen LogP contribution is 2.36. The minimum Gasteiger partial charge on any atom is -0.492 e. The van der Waals surface area contributed by atoms with Gasteiger partial charge in [0.25, 0.3) is 0 Å². The third-order valence-electron chi connectivity index (χ3n) is 4.90. The topological polar surface area (TPSA) is 99.1 Å². The number of hydrogen-bond acceptors (Lipinski definition) is 7. The lowest BCUT2D eigenvalue weighted by Gasteiger charge is -2.27. The number of carbonyl (C=O) groups excluding carboxylic acids is 1. The Bertz CT molecular complexity index is 1160. The van der Waals surface area contributed by atoms with Crippen LogP contribution in [-0.2, 0) is 9.53 Å². The Balaban J connectivity index is 1.59. The lowest BCUT2D eigenvalue weighted by molar-refractivity contribution is -0.128. The van der Waals surface area contributed by atoms with E-state index in [1.165, 1.54) is 18.4 Å². The van der Waals surface area contributed by atoms with E-state index >= 15 is 0 Å². The maximum Gasteiger partial charge on any atom is 0.336 e. The first-order chi connectivity index (χ1) is 13.2. The van der Waals surface area contributed by atoms with Gasteiger partial charge in [-0.3, -0.25) is 4.79 Å². The summed E-state index contributed by atoms with van der Waals surface area (Å²) in [6, 6.07) is 6.35. The molecule has 0 bridgehead atoms. The number of carbonyl (C=O) groups is 1. The quantitative estimate of drug-likeness (QED) is 0.674. The van der Waals surface area contributed by atoms with Crippen molar-refractivity contribution in [1.82, 2.24) is 0 Å². The summed E-state index contributed by atoms with van der Waals surface area (Å²) in [5.41, 5.74) is -1.93. The first kappa shape index (κ1) is 18.3. The summed E-state index contributed by atoms with van der Waals surface area (Å²) < 4.78 is 22.2. The second-order valence-corrected chi connectivity index (χ2v) is 7.56. The molecule has 2 aromatic heterocycles. The van der Waals surface area contributed by atoms with Gasteiger partial charge in [-0.05, 0) is 32.9 Å². The molecule has 1 aliphatic heterocycles. The summed E-state index contributed by atoms with van der Waals surface area (Å²) >= 11 is 0. The average Bonchev–Trinajstić information content (AvgIpc) is 3.18. The molecule has 7 heteroatoms. The second-order valence-electron chi connectivity index (χ2n) is 7.56. The molecule has 4 rings (SSSR count). The zero-order valence-corrected chi connectivity index (χ0v) is 15.8. The lowest BCUT2D eigenvalue weighted by Crippen LogP contribution is -2.33. The fourth-order valence-electron chi connectivity index (χ4n) is 3.15. The molecule has 0 saturated heterocycles. The largest absolute Gasteiger partial charge is 0.492 e. The molecule has 7 nitrogen and oxygen atoms in total. The van der Waals surface area contributed by atoms with Crippen LogP contribution in [0.1, 0.15) is 27.2 Å². The third kappa shape index (κ3) is 3.07. The minimum absolute atomic E-state index is 0.140. The number of rotatable bonds is 5. The molecule has 28 heavy (non-hydrogen) atoms. The monoisotopic (exact) mass is 384 g/mol. The van der Waals surface area contributed by atoms with Crippen molar-refractivity contribution in [2.24, 2.45) is 0 Å². The number of benzene rings is 1. The van der Waals surface area contributed by atoms with Crippen LogP contribution in [-0.4, -0.2) is 28.7 Å². The van der Waals surface area contributed by atoms with E-state index in [0.29, 0.717) is 22.3 Å². The number of ether oxygens (including phenoxy) is 2. The minimum atomic E-state index is -1.36. The van der Waals surface area contributed by atoms with E-state index in [1.54, 1.807) is 39.0 Å². The van der Waals surface area contributed by atoms with Gasteiger partial charge in [0, 0.05) is 24.6 Å². The number of ketones is 1. The van der Waals surface area contributed by atoms with Crippen LogP contribution in [0, 0.1) is 0 Å². The highest BCUT2D eigenvalue weighted by molar-refractivity contribution is 6.01. The van der Waals surface area contributed by atoms with Crippen LogP contribution in [0.2, 0.25) is 0 Å². The molecular weight excluding hydrogens is 364 g/mol. The predicted molar refractivity (Wildman–Crippen MR) is 101 cm³/mol. The van der Waals surface area contributed by atoms with Crippen molar-refractivity contribution < 1.29 is 28.2 Å². The van der Waals surface area contributed by atoms with Crippen LogP contribution in [0.5, 0.6) is 5.75 Å². The first-order valence-corrected chi connectivity index (χ1v) is 8.92. The zero-order valence-electron chi connectivity index (χ0n) is 15.8. The molecule has 1 aliphatic rings. The third-order valence-corrected chi connectivity index (χ3v) is 4.90. The number of fused-ring (bicyclic) bond motifs is 2. The number of furan rings is 1. The maximum absolute atomic E-state index is 11.9. The highest BCUT2D eigenvalue weighted by Gasteiger charge is 2.42. The molecule has 1 unspecified atom stereocenters. The summed E-state index contributed by atoms with van der Waals surface area (Å²) in [5.74, 6) is 0.537. The van der Waals surface area contributed by atoms with E-state index in [0.717, 1.165) is 5.39 Å². The summed E-state index contributed by atoms with van der Waals surface area (Å²) in [7, 11) is 0. The van der Waals surface area contributed by atoms with Crippen molar-refractivity contribution in [3.63, 3.8) is 0 Å². The highest BCUT2D eigenvalue weighted by atomic mass is 16.5. The average molecular weight is 384 g/mol. The SMILES string of the molecule is CC(O)(CCOc1c2ccoc2cc2oc(=O)ccc12)C1=CC(=O)C(C)(C)O1. The van der Waals surface area contributed by atoms with E-state index in [4.69, 9.17) is 18.3 Å². The van der Waals surface area contributed by atoms with Crippen molar-refractivity contribution >= 4 is 27.7 Å². The van der Waals surface area contributed by atoms with E-state index in [2.05, 4.69) is 0 Å². The van der Waals surface area contributed by atoms with Gasteiger partial charge >= 0.3 is 5.63 Å². The van der Waals surface area contributed by atoms with Crippen molar-refractivity contribution in [2.45, 2.75) is 38.4 Å². The molecule has 0 fully saturated rings. The Labute approximate surface area is 160 Å². The zero-order chi connectivity index (χ0) is 20.1. The predicted octanol–water partition coefficient (Wildman–Crippen LogP) is 3.32. The molecule has 0 saturated carbocycles. The molecule has 0 aliphatic carbocycles. The summed E-state index contributed by atoms with van der Waals surface area (Å²) in [4.78, 5) is 23.5. The summed E-state index contributed by atoms with van der Waals surface area (Å²) in [6.07, 6.45) is 3.05. The second kappa shape index (κ2) is 6.24. The molecular formula is C21H20O7. The van der Waals surface area contributed by atoms with E-state index in [9.17, 15) is 14.7 Å². The summed E-state index contributed by atoms with van der Waals surface area (Å²) in [5, 5.41) is 12.1. The van der Waals surface area contributed by atoms with Crippen molar-refractivity contribution in [2.75, 3.05) is 6.61 Å². The van der Waals surface area contributed by atoms with Crippen LogP contribution < -0.4 is 10.4 Å². The molecule has 3 heterocycles. The fraction of sp³-hybridized carbons (Fsp3) is 0.333. The molecule has 0 spiro atoms. The Hall–Kier alpha value is -3.06. The fourth-order valence-corrected chi connectivity index (χ4v) is 3.15. The van der Waals surface area contributed by atoms with Crippen LogP contribution >= 0.6 is 0 Å². The maximum atomic E-state index is 11.9. The molecule has 0 amide bonds. The Morgan fingerprint density at radius 2 is 1.89 bits per heavy atom. The molecule has 3 aromatic rings. The molecule has 1 N–H and O–H groups in total. The lowest BCUT2D eigenvalue weighted by atomic mass is 9.99. The van der Waals surface area contributed by atoms with Gasteiger partial charge in [0.1, 0.15) is 28.3 Å². The van der Waals surface area contributed by atoms with E-state index in [1.807, 2.05) is 0 Å². The molecule has 1 aromatic carbocycles. The van der Waals surface area contributed by atoms with Crippen LogP contribution in [0.15, 0.2) is 56.0 Å². The Morgan fingerprint density at radius 1 is 1.14 bits per heavy atom. The first-order valence-electron chi connectivity index (χ1n) is 8.92.